The van der Waals surface area contributed by atoms with E-state index in [0.717, 1.165) is 6.92 Å². The molecule has 0 heterocycles. The van der Waals surface area contributed by atoms with Gasteiger partial charge in [0.25, 0.3) is 5.97 Å². The predicted molar refractivity (Wildman–Crippen MR) is 101 cm³/mol. The highest BCUT2D eigenvalue weighted by molar-refractivity contribution is 5.85. The summed E-state index contributed by atoms with van der Waals surface area (Å²) in [5, 5.41) is 51.0. The van der Waals surface area contributed by atoms with Gasteiger partial charge in [0.15, 0.2) is 0 Å². The second-order valence-electron chi connectivity index (χ2n) is 6.50. The average Bonchev–Trinajstić information content (AvgIpc) is 2.45. The van der Waals surface area contributed by atoms with Crippen molar-refractivity contribution in [3.8, 4) is 0 Å². The van der Waals surface area contributed by atoms with Crippen molar-refractivity contribution in [2.45, 2.75) is 60.2 Å². The summed E-state index contributed by atoms with van der Waals surface area (Å²) in [4.78, 5) is 28.2. The first-order valence-corrected chi connectivity index (χ1v) is 7.76. The molecule has 9 heteroatoms. The highest BCUT2D eigenvalue weighted by Gasteiger charge is 2.43. The molecule has 0 aliphatic rings. The van der Waals surface area contributed by atoms with Crippen LogP contribution in [0.15, 0.2) is 24.3 Å². The lowest BCUT2D eigenvalue weighted by Crippen LogP contribution is -2.51. The van der Waals surface area contributed by atoms with E-state index < -0.39 is 35.0 Å². The molecule has 0 aromatic heterocycles. The number of hydrogen-bond donors (Lipinski definition) is 6. The van der Waals surface area contributed by atoms with E-state index in [4.69, 9.17) is 25.2 Å². The summed E-state index contributed by atoms with van der Waals surface area (Å²) in [6.45, 7) is 16.4. The Morgan fingerprint density at radius 2 is 1.07 bits per heavy atom. The minimum Gasteiger partial charge on any atom is -0.481 e. The molecule has 0 fully saturated rings. The first kappa shape index (κ1) is 32.4. The van der Waals surface area contributed by atoms with Gasteiger partial charge in [-0.15, -0.1) is 0 Å². The minimum atomic E-state index is -1.07. The molecule has 0 aromatic rings. The molecule has 9 nitrogen and oxygen atoms in total. The smallest absolute Gasteiger partial charge is 0.330 e. The average molecular weight is 394 g/mol. The molecule has 0 bridgehead atoms. The number of aliphatic hydroxyl groups excluding tert-OH is 2. The van der Waals surface area contributed by atoms with Gasteiger partial charge in [0.2, 0.25) is 0 Å². The Morgan fingerprint density at radius 3 is 1.07 bits per heavy atom. The Morgan fingerprint density at radius 1 is 0.889 bits per heavy atom. The van der Waals surface area contributed by atoms with Crippen LogP contribution in [0, 0.1) is 5.41 Å². The number of carboxylic acid groups (broad SMARTS) is 3. The van der Waals surface area contributed by atoms with E-state index in [2.05, 4.69) is 13.2 Å². The van der Waals surface area contributed by atoms with Crippen molar-refractivity contribution >= 4 is 17.9 Å². The molecule has 0 rings (SSSR count). The molecule has 0 amide bonds. The number of carboxylic acids is 3. The summed E-state index contributed by atoms with van der Waals surface area (Å²) in [6.07, 6.45) is -0.729. The highest BCUT2D eigenvalue weighted by atomic mass is 16.4. The van der Waals surface area contributed by atoms with Crippen LogP contribution in [0.1, 0.15) is 48.5 Å². The van der Waals surface area contributed by atoms with Crippen LogP contribution in [0.2, 0.25) is 0 Å². The topological polar surface area (TPSA) is 173 Å². The second kappa shape index (κ2) is 14.9. The van der Waals surface area contributed by atoms with Gasteiger partial charge in [-0.25, -0.2) is 9.59 Å². The lowest BCUT2D eigenvalue weighted by atomic mass is 9.72. The van der Waals surface area contributed by atoms with E-state index in [1.54, 1.807) is 27.7 Å². The van der Waals surface area contributed by atoms with Gasteiger partial charge in [0.1, 0.15) is 0 Å². The molecular weight excluding hydrogens is 360 g/mol. The van der Waals surface area contributed by atoms with Gasteiger partial charge in [-0.2, -0.15) is 0 Å². The Labute approximate surface area is 160 Å². The van der Waals surface area contributed by atoms with Crippen LogP contribution in [0.25, 0.3) is 0 Å². The van der Waals surface area contributed by atoms with Crippen LogP contribution >= 0.6 is 0 Å². The number of rotatable bonds is 5. The van der Waals surface area contributed by atoms with Crippen molar-refractivity contribution in [1.29, 1.82) is 0 Å². The Bertz CT molecular complexity index is 449. The Balaban J connectivity index is -0.000000142. The lowest BCUT2D eigenvalue weighted by Gasteiger charge is -2.41. The van der Waals surface area contributed by atoms with Crippen molar-refractivity contribution in [2.24, 2.45) is 5.41 Å². The van der Waals surface area contributed by atoms with Crippen LogP contribution in [0.4, 0.5) is 0 Å². The molecule has 27 heavy (non-hydrogen) atoms. The first-order valence-electron chi connectivity index (χ1n) is 7.76. The summed E-state index contributed by atoms with van der Waals surface area (Å²) >= 11 is 0. The molecule has 0 spiro atoms. The fourth-order valence-electron chi connectivity index (χ4n) is 0.837. The fourth-order valence-corrected chi connectivity index (χ4v) is 0.837. The number of carbonyl (C=O) groups is 3. The summed E-state index contributed by atoms with van der Waals surface area (Å²) in [7, 11) is 0. The van der Waals surface area contributed by atoms with E-state index in [1.165, 1.54) is 13.8 Å². The molecule has 6 N–H and O–H groups in total. The fraction of sp³-hybridized carbons (Fsp3) is 0.611. The van der Waals surface area contributed by atoms with Gasteiger partial charge >= 0.3 is 11.9 Å². The predicted octanol–water partition coefficient (Wildman–Crippen LogP) is 1.52. The molecule has 0 saturated carbocycles. The van der Waals surface area contributed by atoms with Crippen LogP contribution < -0.4 is 0 Å². The maximum Gasteiger partial charge on any atom is 0.330 e. The monoisotopic (exact) mass is 394 g/mol. The quantitative estimate of drug-likeness (QED) is 0.378. The molecule has 2 unspecified atom stereocenters. The summed E-state index contributed by atoms with van der Waals surface area (Å²) in [5.41, 5.74) is -1.58. The molecule has 2 atom stereocenters. The maximum atomic E-state index is 9.60. The van der Waals surface area contributed by atoms with Crippen LogP contribution in [-0.4, -0.2) is 66.9 Å². The standard InChI is InChI=1S/C8H18O3.2C4H6O2.C2H4O2/c1-6(10)8(4,5-9)7(2,3)11;2*1-3(2)4(5)6;1-2(3)4/h6,9-11H,5H2,1-4H3;2*1H2,2H3,(H,5,6);1H3,(H,3,4). The molecule has 0 aromatic carbocycles. The van der Waals surface area contributed by atoms with Gasteiger partial charge < -0.3 is 30.6 Å². The third-order valence-corrected chi connectivity index (χ3v) is 3.38. The van der Waals surface area contributed by atoms with Gasteiger partial charge in [-0.1, -0.05) is 20.1 Å². The second-order valence-corrected chi connectivity index (χ2v) is 6.50. The highest BCUT2D eigenvalue weighted by Crippen LogP contribution is 2.33. The molecular formula is C18H34O9. The summed E-state index contributed by atoms with van der Waals surface area (Å²) < 4.78 is 0. The zero-order chi connectivity index (χ0) is 23.2. The van der Waals surface area contributed by atoms with Crippen molar-refractivity contribution in [1.82, 2.24) is 0 Å². The van der Waals surface area contributed by atoms with E-state index >= 15 is 0 Å². The van der Waals surface area contributed by atoms with Crippen molar-refractivity contribution in [3.05, 3.63) is 24.3 Å². The van der Waals surface area contributed by atoms with Crippen molar-refractivity contribution < 1.29 is 45.0 Å². The first-order chi connectivity index (χ1) is 11.8. The Kier molecular flexibility index (Phi) is 17.9. The van der Waals surface area contributed by atoms with Gasteiger partial charge in [-0.3, -0.25) is 4.79 Å². The van der Waals surface area contributed by atoms with Gasteiger partial charge in [-0.05, 0) is 34.6 Å². The Hall–Kier alpha value is -2.23. The van der Waals surface area contributed by atoms with E-state index in [0.29, 0.717) is 0 Å². The molecule has 0 aliphatic heterocycles. The van der Waals surface area contributed by atoms with Crippen molar-refractivity contribution in [2.75, 3.05) is 6.61 Å². The number of aliphatic hydroxyl groups is 3. The number of hydrogen-bond acceptors (Lipinski definition) is 6. The largest absolute Gasteiger partial charge is 0.481 e. The zero-order valence-electron chi connectivity index (χ0n) is 17.1. The van der Waals surface area contributed by atoms with Crippen LogP contribution in [-0.2, 0) is 14.4 Å². The van der Waals surface area contributed by atoms with Gasteiger partial charge in [0, 0.05) is 23.5 Å². The number of aliphatic carboxylic acids is 3. The summed E-state index contributed by atoms with van der Waals surface area (Å²) in [6, 6.07) is 0. The normalized spacial score (nSPS) is 12.8. The molecule has 0 aliphatic carbocycles. The lowest BCUT2D eigenvalue weighted by molar-refractivity contribution is -0.135. The van der Waals surface area contributed by atoms with E-state index in [-0.39, 0.29) is 17.8 Å². The SMILES string of the molecule is C=C(C)C(=O)O.C=C(C)C(=O)O.CC(=O)O.CC(O)C(C)(CO)C(C)(C)O. The van der Waals surface area contributed by atoms with Gasteiger partial charge in [0.05, 0.1) is 18.3 Å². The van der Waals surface area contributed by atoms with E-state index in [1.807, 2.05) is 0 Å². The third kappa shape index (κ3) is 19.9. The molecule has 0 saturated heterocycles. The van der Waals surface area contributed by atoms with E-state index in [9.17, 15) is 19.8 Å². The summed E-state index contributed by atoms with van der Waals surface area (Å²) in [5.74, 6) is -2.70. The third-order valence-electron chi connectivity index (χ3n) is 3.38. The molecule has 0 radical (unpaired) electrons. The minimum absolute atomic E-state index is 0.176. The van der Waals surface area contributed by atoms with Crippen LogP contribution in [0.5, 0.6) is 0 Å². The molecule has 160 valence electrons. The zero-order valence-corrected chi connectivity index (χ0v) is 17.1. The van der Waals surface area contributed by atoms with Crippen molar-refractivity contribution in [3.63, 3.8) is 0 Å². The van der Waals surface area contributed by atoms with Crippen LogP contribution in [0.3, 0.4) is 0 Å². The maximum absolute atomic E-state index is 9.60.